The first-order valence-corrected chi connectivity index (χ1v) is 5.27. The highest BCUT2D eigenvalue weighted by molar-refractivity contribution is 5.91. The number of anilines is 1. The van der Waals surface area contributed by atoms with Crippen molar-refractivity contribution in [2.45, 2.75) is 20.3 Å². The minimum absolute atomic E-state index is 0.127. The van der Waals surface area contributed by atoms with E-state index in [2.05, 4.69) is 15.6 Å². The van der Waals surface area contributed by atoms with Gasteiger partial charge in [-0.15, -0.1) is 0 Å². The Balaban J connectivity index is 2.03. The summed E-state index contributed by atoms with van der Waals surface area (Å²) in [6, 6.07) is 1.74. The van der Waals surface area contributed by atoms with E-state index < -0.39 is 0 Å². The van der Waals surface area contributed by atoms with Gasteiger partial charge >= 0.3 is 0 Å². The lowest BCUT2D eigenvalue weighted by Gasteiger charge is -2.01. The van der Waals surface area contributed by atoms with Crippen molar-refractivity contribution in [1.29, 1.82) is 0 Å². The highest BCUT2D eigenvalue weighted by atomic mass is 16.5. The fourth-order valence-corrected chi connectivity index (χ4v) is 1.58. The summed E-state index contributed by atoms with van der Waals surface area (Å²) in [7, 11) is 1.80. The zero-order chi connectivity index (χ0) is 12.4. The lowest BCUT2D eigenvalue weighted by atomic mass is 10.1. The molecular formula is C11H14N4O2. The van der Waals surface area contributed by atoms with Gasteiger partial charge in [-0.25, -0.2) is 0 Å². The third-order valence-corrected chi connectivity index (χ3v) is 2.50. The Kier molecular flexibility index (Phi) is 2.95. The Morgan fingerprint density at radius 2 is 2.29 bits per heavy atom. The van der Waals surface area contributed by atoms with Crippen LogP contribution in [-0.2, 0) is 18.3 Å². The third kappa shape index (κ3) is 2.52. The van der Waals surface area contributed by atoms with Crippen LogP contribution in [0.3, 0.4) is 0 Å². The monoisotopic (exact) mass is 234 g/mol. The molecule has 2 rings (SSSR count). The number of rotatable bonds is 3. The Morgan fingerprint density at radius 1 is 1.53 bits per heavy atom. The molecule has 6 nitrogen and oxygen atoms in total. The second-order valence-electron chi connectivity index (χ2n) is 3.90. The molecule has 0 radical (unpaired) electrons. The number of carbonyl (C=O) groups excluding carboxylic acids is 1. The van der Waals surface area contributed by atoms with E-state index in [1.165, 1.54) is 0 Å². The number of nitrogens with one attached hydrogen (secondary N) is 1. The number of nitrogens with zero attached hydrogens (tertiary/aromatic N) is 3. The van der Waals surface area contributed by atoms with E-state index in [4.69, 9.17) is 4.52 Å². The van der Waals surface area contributed by atoms with Crippen LogP contribution in [0.1, 0.15) is 17.0 Å². The van der Waals surface area contributed by atoms with Crippen molar-refractivity contribution in [2.75, 3.05) is 5.32 Å². The van der Waals surface area contributed by atoms with Gasteiger partial charge in [0, 0.05) is 24.9 Å². The van der Waals surface area contributed by atoms with Gasteiger partial charge in [0.25, 0.3) is 0 Å². The van der Waals surface area contributed by atoms with Crippen molar-refractivity contribution in [2.24, 2.45) is 7.05 Å². The molecule has 0 aliphatic heterocycles. The van der Waals surface area contributed by atoms with Crippen molar-refractivity contribution in [3.05, 3.63) is 29.3 Å². The van der Waals surface area contributed by atoms with Crippen molar-refractivity contribution >= 4 is 11.7 Å². The van der Waals surface area contributed by atoms with Gasteiger partial charge in [0.2, 0.25) is 5.91 Å². The highest BCUT2D eigenvalue weighted by Gasteiger charge is 2.13. The largest absolute Gasteiger partial charge is 0.361 e. The number of carbonyl (C=O) groups is 1. The molecule has 2 aromatic rings. The second kappa shape index (κ2) is 4.40. The molecule has 0 saturated heterocycles. The summed E-state index contributed by atoms with van der Waals surface area (Å²) in [6.07, 6.45) is 2.02. The molecule has 0 aliphatic carbocycles. The first-order chi connectivity index (χ1) is 8.06. The lowest BCUT2D eigenvalue weighted by molar-refractivity contribution is -0.115. The molecule has 0 aliphatic rings. The molecule has 2 heterocycles. The van der Waals surface area contributed by atoms with E-state index in [-0.39, 0.29) is 12.3 Å². The highest BCUT2D eigenvalue weighted by Crippen LogP contribution is 2.13. The van der Waals surface area contributed by atoms with Crippen LogP contribution in [0.15, 0.2) is 16.8 Å². The van der Waals surface area contributed by atoms with Crippen LogP contribution >= 0.6 is 0 Å². The van der Waals surface area contributed by atoms with Gasteiger partial charge in [-0.3, -0.25) is 9.48 Å². The normalized spacial score (nSPS) is 10.5. The summed E-state index contributed by atoms with van der Waals surface area (Å²) >= 11 is 0. The number of amides is 1. The fraction of sp³-hybridized carbons (Fsp3) is 0.364. The topological polar surface area (TPSA) is 73.0 Å². The van der Waals surface area contributed by atoms with Crippen LogP contribution < -0.4 is 5.32 Å². The second-order valence-corrected chi connectivity index (χ2v) is 3.90. The summed E-state index contributed by atoms with van der Waals surface area (Å²) in [5.74, 6) is 1.10. The van der Waals surface area contributed by atoms with E-state index in [1.54, 1.807) is 30.9 Å². The first-order valence-electron chi connectivity index (χ1n) is 5.27. The summed E-state index contributed by atoms with van der Waals surface area (Å²) < 4.78 is 6.63. The molecule has 0 atom stereocenters. The zero-order valence-corrected chi connectivity index (χ0v) is 10.0. The summed E-state index contributed by atoms with van der Waals surface area (Å²) in [5, 5.41) is 10.6. The standard InChI is InChI=1S/C11H14N4O2/c1-7-9(8(2)17-14-7)6-11(16)12-10-4-5-15(3)13-10/h4-5H,6H2,1-3H3,(H,12,13,16). The number of aromatic nitrogens is 3. The smallest absolute Gasteiger partial charge is 0.230 e. The predicted octanol–water partition coefficient (Wildman–Crippen LogP) is 1.21. The molecule has 1 amide bonds. The third-order valence-electron chi connectivity index (χ3n) is 2.50. The van der Waals surface area contributed by atoms with Crippen molar-refractivity contribution in [3.8, 4) is 0 Å². The van der Waals surface area contributed by atoms with Crippen molar-refractivity contribution in [1.82, 2.24) is 14.9 Å². The Hall–Kier alpha value is -2.11. The van der Waals surface area contributed by atoms with E-state index in [1.807, 2.05) is 6.92 Å². The van der Waals surface area contributed by atoms with Crippen LogP contribution in [0.4, 0.5) is 5.82 Å². The lowest BCUT2D eigenvalue weighted by Crippen LogP contribution is -2.15. The molecule has 0 bridgehead atoms. The maximum Gasteiger partial charge on any atom is 0.230 e. The maximum atomic E-state index is 11.8. The fourth-order valence-electron chi connectivity index (χ4n) is 1.58. The minimum atomic E-state index is -0.127. The Bertz CT molecular complexity index is 522. The van der Waals surface area contributed by atoms with Gasteiger partial charge in [0.05, 0.1) is 12.1 Å². The molecule has 2 aromatic heterocycles. The molecule has 6 heteroatoms. The molecule has 0 aromatic carbocycles. The van der Waals surface area contributed by atoms with Crippen LogP contribution in [-0.4, -0.2) is 20.8 Å². The van der Waals surface area contributed by atoms with Gasteiger partial charge in [0.1, 0.15) is 5.76 Å². The molecule has 17 heavy (non-hydrogen) atoms. The van der Waals surface area contributed by atoms with Gasteiger partial charge < -0.3 is 9.84 Å². The van der Waals surface area contributed by atoms with E-state index >= 15 is 0 Å². The molecule has 0 fully saturated rings. The average Bonchev–Trinajstić information content (AvgIpc) is 2.79. The van der Waals surface area contributed by atoms with Crippen LogP contribution in [0.25, 0.3) is 0 Å². The van der Waals surface area contributed by atoms with Gasteiger partial charge in [-0.2, -0.15) is 5.10 Å². The maximum absolute atomic E-state index is 11.8. The molecule has 0 unspecified atom stereocenters. The van der Waals surface area contributed by atoms with E-state index in [0.29, 0.717) is 11.6 Å². The number of hydrogen-bond donors (Lipinski definition) is 1. The van der Waals surface area contributed by atoms with Crippen molar-refractivity contribution in [3.63, 3.8) is 0 Å². The quantitative estimate of drug-likeness (QED) is 0.866. The SMILES string of the molecule is Cc1noc(C)c1CC(=O)Nc1ccn(C)n1. The van der Waals surface area contributed by atoms with Crippen LogP contribution in [0, 0.1) is 13.8 Å². The van der Waals surface area contributed by atoms with Gasteiger partial charge in [0.15, 0.2) is 5.82 Å². The molecule has 0 saturated carbocycles. The van der Waals surface area contributed by atoms with Gasteiger partial charge in [-0.05, 0) is 13.8 Å². The average molecular weight is 234 g/mol. The Morgan fingerprint density at radius 3 is 2.82 bits per heavy atom. The molecule has 1 N–H and O–H groups in total. The van der Waals surface area contributed by atoms with Crippen molar-refractivity contribution < 1.29 is 9.32 Å². The first kappa shape index (κ1) is 11.4. The number of hydrogen-bond acceptors (Lipinski definition) is 4. The molecule has 0 spiro atoms. The number of aryl methyl sites for hydroxylation is 3. The summed E-state index contributed by atoms with van der Waals surface area (Å²) in [4.78, 5) is 11.8. The summed E-state index contributed by atoms with van der Waals surface area (Å²) in [5.41, 5.74) is 1.58. The molecule has 90 valence electrons. The summed E-state index contributed by atoms with van der Waals surface area (Å²) in [6.45, 7) is 3.61. The van der Waals surface area contributed by atoms with Gasteiger partial charge in [-0.1, -0.05) is 5.16 Å². The van der Waals surface area contributed by atoms with E-state index in [0.717, 1.165) is 11.3 Å². The minimum Gasteiger partial charge on any atom is -0.361 e. The van der Waals surface area contributed by atoms with Crippen LogP contribution in [0.2, 0.25) is 0 Å². The Labute approximate surface area is 98.6 Å². The predicted molar refractivity (Wildman–Crippen MR) is 61.5 cm³/mol. The zero-order valence-electron chi connectivity index (χ0n) is 10.0. The molecular weight excluding hydrogens is 220 g/mol. The van der Waals surface area contributed by atoms with Crippen LogP contribution in [0.5, 0.6) is 0 Å². The van der Waals surface area contributed by atoms with E-state index in [9.17, 15) is 4.79 Å².